The van der Waals surface area contributed by atoms with E-state index in [0.717, 1.165) is 24.4 Å². The molecule has 0 aromatic carbocycles. The quantitative estimate of drug-likeness (QED) is 0.764. The Hall–Kier alpha value is -1.73. The minimum absolute atomic E-state index is 0.188. The van der Waals surface area contributed by atoms with E-state index in [1.165, 1.54) is 17.5 Å². The molecule has 3 N–H and O–H groups in total. The minimum atomic E-state index is -0.189. The minimum Gasteiger partial charge on any atom is -0.309 e. The number of carbonyl (C=O) groups is 1. The molecule has 2 aromatic heterocycles. The number of nitrogens with zero attached hydrogens (tertiary/aromatic N) is 2. The van der Waals surface area contributed by atoms with Crippen LogP contribution in [0, 0.1) is 6.92 Å². The van der Waals surface area contributed by atoms with Gasteiger partial charge in [-0.3, -0.25) is 15.2 Å². The molecule has 2 heterocycles. The lowest BCUT2D eigenvalue weighted by molar-refractivity contribution is 0.102. The first-order chi connectivity index (χ1) is 9.61. The van der Waals surface area contributed by atoms with Crippen LogP contribution in [0.5, 0.6) is 0 Å². The van der Waals surface area contributed by atoms with Crippen molar-refractivity contribution in [3.63, 3.8) is 0 Å². The van der Waals surface area contributed by atoms with Gasteiger partial charge in [0.2, 0.25) is 0 Å². The van der Waals surface area contributed by atoms with Crippen molar-refractivity contribution in [1.82, 2.24) is 20.5 Å². The molecule has 1 amide bonds. The topological polar surface area (TPSA) is 82.7 Å². The molecular formula is C13H19N5OS. The summed E-state index contributed by atoms with van der Waals surface area (Å²) < 4.78 is 0. The predicted molar refractivity (Wildman–Crippen MR) is 80.1 cm³/mol. The Kier molecular flexibility index (Phi) is 4.86. The Morgan fingerprint density at radius 2 is 2.35 bits per heavy atom. The lowest BCUT2D eigenvalue weighted by Gasteiger charge is -2.09. The van der Waals surface area contributed by atoms with Gasteiger partial charge in [0, 0.05) is 17.1 Å². The molecule has 7 heteroatoms. The maximum atomic E-state index is 12.0. The number of carbonyl (C=O) groups excluding carboxylic acids is 1. The summed E-state index contributed by atoms with van der Waals surface area (Å²) in [5.41, 5.74) is 2.24. The predicted octanol–water partition coefficient (Wildman–Crippen LogP) is 2.49. The number of hydrogen-bond donors (Lipinski definition) is 3. The Bertz CT molecular complexity index is 577. The summed E-state index contributed by atoms with van der Waals surface area (Å²) in [5, 5.41) is 15.3. The summed E-state index contributed by atoms with van der Waals surface area (Å²) in [5.74, 6) is -0.189. The highest BCUT2D eigenvalue weighted by molar-refractivity contribution is 7.14. The van der Waals surface area contributed by atoms with Gasteiger partial charge in [-0.05, 0) is 26.8 Å². The monoisotopic (exact) mass is 293 g/mol. The lowest BCUT2D eigenvalue weighted by atomic mass is 10.2. The number of H-pyrrole nitrogens is 1. The molecule has 0 radical (unpaired) electrons. The van der Waals surface area contributed by atoms with Crippen LogP contribution in [0.3, 0.4) is 0 Å². The fourth-order valence-corrected chi connectivity index (χ4v) is 2.55. The number of rotatable bonds is 6. The van der Waals surface area contributed by atoms with Gasteiger partial charge >= 0.3 is 0 Å². The third-order valence-electron chi connectivity index (χ3n) is 2.96. The largest absolute Gasteiger partial charge is 0.309 e. The molecule has 1 unspecified atom stereocenters. The summed E-state index contributed by atoms with van der Waals surface area (Å²) in [6.45, 7) is 6.96. The number of aryl methyl sites for hydroxylation is 1. The molecule has 0 bridgehead atoms. The van der Waals surface area contributed by atoms with Crippen LogP contribution < -0.4 is 10.6 Å². The molecule has 0 aliphatic rings. The van der Waals surface area contributed by atoms with Crippen molar-refractivity contribution in [3.8, 4) is 0 Å². The Morgan fingerprint density at radius 1 is 1.55 bits per heavy atom. The van der Waals surface area contributed by atoms with Gasteiger partial charge in [-0.25, -0.2) is 4.98 Å². The van der Waals surface area contributed by atoms with E-state index in [-0.39, 0.29) is 11.9 Å². The maximum absolute atomic E-state index is 12.0. The van der Waals surface area contributed by atoms with Crippen molar-refractivity contribution in [2.24, 2.45) is 0 Å². The first kappa shape index (κ1) is 14.7. The molecule has 2 rings (SSSR count). The highest BCUT2D eigenvalue weighted by Gasteiger charge is 2.14. The van der Waals surface area contributed by atoms with Gasteiger partial charge in [0.05, 0.1) is 17.5 Å². The van der Waals surface area contributed by atoms with Crippen molar-refractivity contribution in [2.75, 3.05) is 11.9 Å². The molecule has 0 saturated carbocycles. The van der Waals surface area contributed by atoms with Crippen LogP contribution in [0.4, 0.5) is 5.13 Å². The number of anilines is 1. The highest BCUT2D eigenvalue weighted by Crippen LogP contribution is 2.21. The fraction of sp³-hybridized carbons (Fsp3) is 0.462. The summed E-state index contributed by atoms with van der Waals surface area (Å²) in [6.07, 6.45) is 2.60. The molecule has 1 atom stereocenters. The summed E-state index contributed by atoms with van der Waals surface area (Å²) in [6, 6.07) is 0.188. The van der Waals surface area contributed by atoms with Crippen LogP contribution in [0.1, 0.15) is 48.1 Å². The Labute approximate surface area is 122 Å². The van der Waals surface area contributed by atoms with E-state index in [1.807, 2.05) is 12.3 Å². The van der Waals surface area contributed by atoms with Gasteiger partial charge in [0.15, 0.2) is 5.13 Å². The third-order valence-corrected chi connectivity index (χ3v) is 3.74. The Morgan fingerprint density at radius 3 is 3.00 bits per heavy atom. The number of thiazole rings is 1. The summed E-state index contributed by atoms with van der Waals surface area (Å²) in [7, 11) is 0. The maximum Gasteiger partial charge on any atom is 0.260 e. The van der Waals surface area contributed by atoms with E-state index in [2.05, 4.69) is 39.7 Å². The van der Waals surface area contributed by atoms with Crippen LogP contribution in [0.25, 0.3) is 0 Å². The molecule has 2 aromatic rings. The van der Waals surface area contributed by atoms with Crippen LogP contribution in [-0.2, 0) is 0 Å². The average molecular weight is 293 g/mol. The molecule has 6 nitrogen and oxygen atoms in total. The second kappa shape index (κ2) is 6.62. The van der Waals surface area contributed by atoms with E-state index in [0.29, 0.717) is 10.7 Å². The standard InChI is InChI=1S/C13H19N5OS/c1-4-5-14-9(3)11-7-20-13(16-11)17-12(19)10-6-15-18-8(10)2/h6-7,9,14H,4-5H2,1-3H3,(H,15,18)(H,16,17,19). The SMILES string of the molecule is CCCNC(C)c1csc(NC(=O)c2cn[nH]c2C)n1. The van der Waals surface area contributed by atoms with Crippen LogP contribution >= 0.6 is 11.3 Å². The zero-order valence-corrected chi connectivity index (χ0v) is 12.7. The molecule has 108 valence electrons. The van der Waals surface area contributed by atoms with Gasteiger partial charge in [0.1, 0.15) is 0 Å². The highest BCUT2D eigenvalue weighted by atomic mass is 32.1. The second-order valence-corrected chi connectivity index (χ2v) is 5.47. The second-order valence-electron chi connectivity index (χ2n) is 4.62. The molecule has 0 aliphatic heterocycles. The average Bonchev–Trinajstić information content (AvgIpc) is 3.05. The third kappa shape index (κ3) is 3.43. The lowest BCUT2D eigenvalue weighted by Crippen LogP contribution is -2.19. The molecule has 0 fully saturated rings. The van der Waals surface area contributed by atoms with Gasteiger partial charge < -0.3 is 5.32 Å². The van der Waals surface area contributed by atoms with Crippen LogP contribution in [-0.4, -0.2) is 27.6 Å². The van der Waals surface area contributed by atoms with Gasteiger partial charge in [-0.1, -0.05) is 6.92 Å². The molecular weight excluding hydrogens is 274 g/mol. The van der Waals surface area contributed by atoms with Crippen molar-refractivity contribution in [1.29, 1.82) is 0 Å². The van der Waals surface area contributed by atoms with E-state index >= 15 is 0 Å². The van der Waals surface area contributed by atoms with E-state index in [9.17, 15) is 4.79 Å². The fourth-order valence-electron chi connectivity index (χ4n) is 1.75. The molecule has 0 spiro atoms. The van der Waals surface area contributed by atoms with E-state index < -0.39 is 0 Å². The number of amides is 1. The first-order valence-corrected chi connectivity index (χ1v) is 7.50. The van der Waals surface area contributed by atoms with E-state index in [4.69, 9.17) is 0 Å². The molecule has 0 aliphatic carbocycles. The van der Waals surface area contributed by atoms with Crippen LogP contribution in [0.2, 0.25) is 0 Å². The first-order valence-electron chi connectivity index (χ1n) is 6.62. The molecule has 20 heavy (non-hydrogen) atoms. The molecule has 0 saturated heterocycles. The Balaban J connectivity index is 1.99. The number of nitrogens with one attached hydrogen (secondary N) is 3. The number of aromatic nitrogens is 3. The number of hydrogen-bond acceptors (Lipinski definition) is 5. The summed E-state index contributed by atoms with van der Waals surface area (Å²) >= 11 is 1.43. The zero-order valence-electron chi connectivity index (χ0n) is 11.9. The number of aromatic amines is 1. The van der Waals surface area contributed by atoms with Gasteiger partial charge in [0.25, 0.3) is 5.91 Å². The van der Waals surface area contributed by atoms with Crippen molar-refractivity contribution in [2.45, 2.75) is 33.2 Å². The van der Waals surface area contributed by atoms with Crippen LogP contribution in [0.15, 0.2) is 11.6 Å². The van der Waals surface area contributed by atoms with Crippen molar-refractivity contribution in [3.05, 3.63) is 28.5 Å². The van der Waals surface area contributed by atoms with Gasteiger partial charge in [-0.15, -0.1) is 11.3 Å². The van der Waals surface area contributed by atoms with Crippen molar-refractivity contribution >= 4 is 22.4 Å². The summed E-state index contributed by atoms with van der Waals surface area (Å²) in [4.78, 5) is 16.5. The van der Waals surface area contributed by atoms with Gasteiger partial charge in [-0.2, -0.15) is 5.10 Å². The van der Waals surface area contributed by atoms with Crippen molar-refractivity contribution < 1.29 is 4.79 Å². The smallest absolute Gasteiger partial charge is 0.260 e. The zero-order chi connectivity index (χ0) is 14.5. The normalized spacial score (nSPS) is 12.3. The van der Waals surface area contributed by atoms with E-state index in [1.54, 1.807) is 0 Å².